The predicted octanol–water partition coefficient (Wildman–Crippen LogP) is 0.764. The Kier molecular flexibility index (Phi) is 3.17. The van der Waals surface area contributed by atoms with Gasteiger partial charge in [0.25, 0.3) is 5.56 Å². The Bertz CT molecular complexity index is 772. The van der Waals surface area contributed by atoms with E-state index in [1.807, 2.05) is 0 Å². The SMILES string of the molecule is Cn1c(=O)n(C2CCNCC2)c(=O)c2cc(F)ccc21. The van der Waals surface area contributed by atoms with Gasteiger partial charge >= 0.3 is 5.69 Å². The van der Waals surface area contributed by atoms with Crippen molar-refractivity contribution in [3.05, 3.63) is 44.9 Å². The van der Waals surface area contributed by atoms with Crippen molar-refractivity contribution in [2.45, 2.75) is 18.9 Å². The van der Waals surface area contributed by atoms with E-state index in [0.29, 0.717) is 5.52 Å². The normalized spacial score (nSPS) is 16.7. The van der Waals surface area contributed by atoms with Gasteiger partial charge in [0.05, 0.1) is 10.9 Å². The molecule has 0 bridgehead atoms. The lowest BCUT2D eigenvalue weighted by molar-refractivity contribution is 0.347. The molecule has 1 aromatic heterocycles. The third kappa shape index (κ3) is 1.96. The number of piperidine rings is 1. The zero-order valence-electron chi connectivity index (χ0n) is 11.2. The van der Waals surface area contributed by atoms with Gasteiger partial charge in [-0.25, -0.2) is 9.18 Å². The maximum Gasteiger partial charge on any atom is 0.331 e. The van der Waals surface area contributed by atoms with Crippen LogP contribution in [-0.2, 0) is 7.05 Å². The molecule has 5 nitrogen and oxygen atoms in total. The Morgan fingerprint density at radius 1 is 1.25 bits per heavy atom. The minimum atomic E-state index is -0.467. The molecule has 1 aliphatic heterocycles. The molecule has 0 saturated carbocycles. The first kappa shape index (κ1) is 13.1. The van der Waals surface area contributed by atoms with Crippen LogP contribution in [0.3, 0.4) is 0 Å². The second kappa shape index (κ2) is 4.86. The average Bonchev–Trinajstić information content (AvgIpc) is 2.46. The quantitative estimate of drug-likeness (QED) is 0.837. The van der Waals surface area contributed by atoms with Crippen LogP contribution in [0.2, 0.25) is 0 Å². The first-order valence-corrected chi connectivity index (χ1v) is 6.71. The van der Waals surface area contributed by atoms with E-state index >= 15 is 0 Å². The minimum Gasteiger partial charge on any atom is -0.317 e. The zero-order chi connectivity index (χ0) is 14.3. The molecule has 2 heterocycles. The van der Waals surface area contributed by atoms with E-state index in [9.17, 15) is 14.0 Å². The maximum atomic E-state index is 13.4. The number of aryl methyl sites for hydroxylation is 1. The number of halogens is 1. The van der Waals surface area contributed by atoms with Crippen molar-refractivity contribution in [2.24, 2.45) is 7.05 Å². The molecule has 0 unspecified atom stereocenters. The van der Waals surface area contributed by atoms with Crippen LogP contribution in [0.4, 0.5) is 4.39 Å². The first-order valence-electron chi connectivity index (χ1n) is 6.71. The number of fused-ring (bicyclic) bond motifs is 1. The molecule has 1 aliphatic rings. The molecule has 0 spiro atoms. The summed E-state index contributed by atoms with van der Waals surface area (Å²) in [5.41, 5.74) is -0.262. The topological polar surface area (TPSA) is 56.0 Å². The lowest BCUT2D eigenvalue weighted by Crippen LogP contribution is -2.44. The Morgan fingerprint density at radius 2 is 1.95 bits per heavy atom. The van der Waals surface area contributed by atoms with E-state index in [-0.39, 0.29) is 17.1 Å². The van der Waals surface area contributed by atoms with Gasteiger partial charge in [0.1, 0.15) is 5.82 Å². The Labute approximate surface area is 114 Å². The van der Waals surface area contributed by atoms with Crippen molar-refractivity contribution in [2.75, 3.05) is 13.1 Å². The van der Waals surface area contributed by atoms with Crippen LogP contribution < -0.4 is 16.6 Å². The first-order chi connectivity index (χ1) is 9.59. The van der Waals surface area contributed by atoms with Gasteiger partial charge < -0.3 is 5.32 Å². The van der Waals surface area contributed by atoms with Gasteiger partial charge in [0, 0.05) is 13.1 Å². The molecule has 0 atom stereocenters. The highest BCUT2D eigenvalue weighted by Gasteiger charge is 2.21. The number of hydrogen-bond donors (Lipinski definition) is 1. The summed E-state index contributed by atoms with van der Waals surface area (Å²) in [6.45, 7) is 1.56. The molecular formula is C14H16FN3O2. The lowest BCUT2D eigenvalue weighted by Gasteiger charge is -2.24. The summed E-state index contributed by atoms with van der Waals surface area (Å²) < 4.78 is 16.1. The molecule has 1 fully saturated rings. The highest BCUT2D eigenvalue weighted by atomic mass is 19.1. The number of aromatic nitrogens is 2. The van der Waals surface area contributed by atoms with E-state index < -0.39 is 11.4 Å². The maximum absolute atomic E-state index is 13.4. The fourth-order valence-electron chi connectivity index (χ4n) is 2.84. The molecule has 0 amide bonds. The summed E-state index contributed by atoms with van der Waals surface area (Å²) in [7, 11) is 1.61. The summed E-state index contributed by atoms with van der Waals surface area (Å²) >= 11 is 0. The highest BCUT2D eigenvalue weighted by molar-refractivity contribution is 5.77. The van der Waals surface area contributed by atoms with E-state index in [4.69, 9.17) is 0 Å². The van der Waals surface area contributed by atoms with Gasteiger partial charge in [-0.15, -0.1) is 0 Å². The van der Waals surface area contributed by atoms with E-state index in [2.05, 4.69) is 5.32 Å². The molecule has 20 heavy (non-hydrogen) atoms. The summed E-state index contributed by atoms with van der Waals surface area (Å²) in [6.07, 6.45) is 1.46. The lowest BCUT2D eigenvalue weighted by atomic mass is 10.1. The molecule has 0 radical (unpaired) electrons. The molecule has 3 rings (SSSR count). The van der Waals surface area contributed by atoms with Crippen LogP contribution in [-0.4, -0.2) is 22.2 Å². The van der Waals surface area contributed by atoms with E-state index in [1.54, 1.807) is 7.05 Å². The Hall–Kier alpha value is -1.95. The van der Waals surface area contributed by atoms with Crippen molar-refractivity contribution in [1.29, 1.82) is 0 Å². The van der Waals surface area contributed by atoms with Crippen molar-refractivity contribution < 1.29 is 4.39 Å². The summed E-state index contributed by atoms with van der Waals surface area (Å²) in [5.74, 6) is -0.467. The minimum absolute atomic E-state index is 0.116. The van der Waals surface area contributed by atoms with Crippen molar-refractivity contribution in [3.63, 3.8) is 0 Å². The largest absolute Gasteiger partial charge is 0.331 e. The van der Waals surface area contributed by atoms with Gasteiger partial charge in [-0.05, 0) is 44.1 Å². The van der Waals surface area contributed by atoms with Crippen molar-refractivity contribution in [3.8, 4) is 0 Å². The van der Waals surface area contributed by atoms with Gasteiger partial charge in [-0.1, -0.05) is 0 Å². The summed E-state index contributed by atoms with van der Waals surface area (Å²) in [6, 6.07) is 3.82. The standard InChI is InChI=1S/C14H16FN3O2/c1-17-12-3-2-9(15)8-11(12)13(19)18(14(17)20)10-4-6-16-7-5-10/h2-3,8,10,16H,4-7H2,1H3. The van der Waals surface area contributed by atoms with Crippen LogP contribution in [0.5, 0.6) is 0 Å². The Morgan fingerprint density at radius 3 is 2.65 bits per heavy atom. The van der Waals surface area contributed by atoms with Crippen LogP contribution in [0.1, 0.15) is 18.9 Å². The van der Waals surface area contributed by atoms with Crippen LogP contribution in [0, 0.1) is 5.82 Å². The van der Waals surface area contributed by atoms with E-state index in [0.717, 1.165) is 25.9 Å². The van der Waals surface area contributed by atoms with Crippen LogP contribution >= 0.6 is 0 Å². The molecule has 2 aromatic rings. The molecule has 1 aromatic carbocycles. The molecule has 1 N–H and O–H groups in total. The van der Waals surface area contributed by atoms with Crippen molar-refractivity contribution >= 4 is 10.9 Å². The third-order valence-electron chi connectivity index (χ3n) is 3.94. The second-order valence-electron chi connectivity index (χ2n) is 5.16. The van der Waals surface area contributed by atoms with Gasteiger partial charge in [0.2, 0.25) is 0 Å². The monoisotopic (exact) mass is 277 g/mol. The van der Waals surface area contributed by atoms with Gasteiger partial charge in [-0.3, -0.25) is 13.9 Å². The number of nitrogens with one attached hydrogen (secondary N) is 1. The highest BCUT2D eigenvalue weighted by Crippen LogP contribution is 2.16. The van der Waals surface area contributed by atoms with Crippen LogP contribution in [0.25, 0.3) is 10.9 Å². The Balaban J connectivity index is 2.32. The summed E-state index contributed by atoms with van der Waals surface area (Å²) in [5, 5.41) is 3.46. The molecule has 6 heteroatoms. The van der Waals surface area contributed by atoms with Gasteiger partial charge in [-0.2, -0.15) is 0 Å². The number of rotatable bonds is 1. The molecule has 0 aliphatic carbocycles. The number of benzene rings is 1. The smallest absolute Gasteiger partial charge is 0.317 e. The average molecular weight is 277 g/mol. The predicted molar refractivity (Wildman–Crippen MR) is 74.5 cm³/mol. The third-order valence-corrected chi connectivity index (χ3v) is 3.94. The van der Waals surface area contributed by atoms with Gasteiger partial charge in [0.15, 0.2) is 0 Å². The zero-order valence-corrected chi connectivity index (χ0v) is 11.2. The molecule has 106 valence electrons. The fourth-order valence-corrected chi connectivity index (χ4v) is 2.84. The number of nitrogens with zero attached hydrogens (tertiary/aromatic N) is 2. The second-order valence-corrected chi connectivity index (χ2v) is 5.16. The van der Waals surface area contributed by atoms with E-state index in [1.165, 1.54) is 27.3 Å². The number of hydrogen-bond acceptors (Lipinski definition) is 3. The van der Waals surface area contributed by atoms with Crippen LogP contribution in [0.15, 0.2) is 27.8 Å². The fraction of sp³-hybridized carbons (Fsp3) is 0.429. The molecule has 1 saturated heterocycles. The molecular weight excluding hydrogens is 261 g/mol. The van der Waals surface area contributed by atoms with Crippen molar-refractivity contribution in [1.82, 2.24) is 14.5 Å². The summed E-state index contributed by atoms with van der Waals surface area (Å²) in [4.78, 5) is 24.9.